The van der Waals surface area contributed by atoms with Gasteiger partial charge in [-0.1, -0.05) is 19.1 Å². The smallest absolute Gasteiger partial charge is 0.178 e. The lowest BCUT2D eigenvalue weighted by atomic mass is 10.1. The zero-order valence-corrected chi connectivity index (χ0v) is 12.1. The Balaban J connectivity index is 2.47. The predicted molar refractivity (Wildman–Crippen MR) is 79.2 cm³/mol. The Labute approximate surface area is 119 Å². The topological polar surface area (TPSA) is 45.8 Å². The fraction of sp³-hybridized carbons (Fsp3) is 0.294. The Kier molecular flexibility index (Phi) is 4.05. The summed E-state index contributed by atoms with van der Waals surface area (Å²) < 4.78 is 2.06. The number of nitriles is 1. The van der Waals surface area contributed by atoms with Crippen LogP contribution in [0.25, 0.3) is 5.69 Å². The second kappa shape index (κ2) is 5.75. The molecule has 0 saturated carbocycles. The molecule has 0 radical (unpaired) electrons. The maximum Gasteiger partial charge on any atom is 0.178 e. The number of nitrogens with zero attached hydrogens (tertiary/aromatic N) is 2. The molecule has 0 fully saturated rings. The van der Waals surface area contributed by atoms with E-state index in [9.17, 15) is 4.79 Å². The maximum atomic E-state index is 11.9. The summed E-state index contributed by atoms with van der Waals surface area (Å²) in [5.74, 6) is -0.114. The number of aromatic nitrogens is 1. The molecule has 1 aromatic heterocycles. The molecular weight excluding hydrogens is 248 g/mol. The van der Waals surface area contributed by atoms with E-state index in [0.29, 0.717) is 5.56 Å². The first-order valence-electron chi connectivity index (χ1n) is 6.77. The molecule has 2 rings (SSSR count). The Morgan fingerprint density at radius 1 is 1.25 bits per heavy atom. The van der Waals surface area contributed by atoms with Gasteiger partial charge in [-0.15, -0.1) is 0 Å². The van der Waals surface area contributed by atoms with E-state index in [2.05, 4.69) is 35.8 Å². The van der Waals surface area contributed by atoms with Gasteiger partial charge in [0.15, 0.2) is 5.78 Å². The van der Waals surface area contributed by atoms with Gasteiger partial charge in [-0.3, -0.25) is 4.79 Å². The second-order valence-electron chi connectivity index (χ2n) is 4.90. The van der Waals surface area contributed by atoms with E-state index in [4.69, 9.17) is 5.26 Å². The van der Waals surface area contributed by atoms with E-state index in [1.54, 1.807) is 0 Å². The molecule has 0 bridgehead atoms. The van der Waals surface area contributed by atoms with Gasteiger partial charge in [-0.25, -0.2) is 0 Å². The molecule has 0 spiro atoms. The Morgan fingerprint density at radius 3 is 2.45 bits per heavy atom. The lowest BCUT2D eigenvalue weighted by Gasteiger charge is -2.10. The van der Waals surface area contributed by atoms with E-state index in [1.807, 2.05) is 26.0 Å². The van der Waals surface area contributed by atoms with E-state index in [0.717, 1.165) is 23.5 Å². The van der Waals surface area contributed by atoms with Crippen LogP contribution in [-0.2, 0) is 6.42 Å². The highest BCUT2D eigenvalue weighted by Gasteiger charge is 2.16. The zero-order valence-electron chi connectivity index (χ0n) is 12.1. The van der Waals surface area contributed by atoms with Crippen molar-refractivity contribution in [1.82, 2.24) is 4.57 Å². The number of hydrogen-bond acceptors (Lipinski definition) is 2. The van der Waals surface area contributed by atoms with Gasteiger partial charge in [0.05, 0.1) is 12.5 Å². The normalized spacial score (nSPS) is 10.3. The summed E-state index contributed by atoms with van der Waals surface area (Å²) in [6.07, 6.45) is 0.939. The number of carbonyl (C=O) groups excluding carboxylic acids is 1. The number of carbonyl (C=O) groups is 1. The lowest BCUT2D eigenvalue weighted by molar-refractivity contribution is 0.0997. The summed E-state index contributed by atoms with van der Waals surface area (Å²) in [4.78, 5) is 11.9. The minimum absolute atomic E-state index is 0.0704. The molecule has 0 amide bonds. The molecule has 1 aromatic carbocycles. The first-order valence-corrected chi connectivity index (χ1v) is 6.77. The van der Waals surface area contributed by atoms with Crippen LogP contribution < -0.4 is 0 Å². The van der Waals surface area contributed by atoms with Crippen molar-refractivity contribution in [1.29, 1.82) is 5.26 Å². The van der Waals surface area contributed by atoms with Crippen LogP contribution in [0.15, 0.2) is 30.3 Å². The third-order valence-electron chi connectivity index (χ3n) is 3.57. The molecule has 0 aliphatic rings. The van der Waals surface area contributed by atoms with Crippen LogP contribution in [0, 0.1) is 25.2 Å². The number of ketones is 1. The van der Waals surface area contributed by atoms with Gasteiger partial charge in [-0.05, 0) is 44.0 Å². The van der Waals surface area contributed by atoms with Gasteiger partial charge in [0.25, 0.3) is 0 Å². The van der Waals surface area contributed by atoms with Crippen molar-refractivity contribution >= 4 is 5.78 Å². The maximum absolute atomic E-state index is 11.9. The fourth-order valence-electron chi connectivity index (χ4n) is 2.49. The predicted octanol–water partition coefficient (Wildman–Crippen LogP) is 3.75. The first-order chi connectivity index (χ1) is 9.58. The number of Topliss-reactive ketones (excluding diaryl/α,β-unsaturated/α-hetero) is 1. The van der Waals surface area contributed by atoms with Crippen molar-refractivity contribution in [3.63, 3.8) is 0 Å². The molecule has 3 nitrogen and oxygen atoms in total. The minimum Gasteiger partial charge on any atom is -0.318 e. The number of rotatable bonds is 4. The zero-order chi connectivity index (χ0) is 14.7. The fourth-order valence-corrected chi connectivity index (χ4v) is 2.49. The SMILES string of the molecule is CCc1ccc(-n2c(C)cc(C(=O)CC#N)c2C)cc1. The van der Waals surface area contributed by atoms with Crippen molar-refractivity contribution < 1.29 is 4.79 Å². The van der Waals surface area contributed by atoms with E-state index in [1.165, 1.54) is 5.56 Å². The summed E-state index contributed by atoms with van der Waals surface area (Å²) >= 11 is 0. The molecule has 0 atom stereocenters. The van der Waals surface area contributed by atoms with Gasteiger partial charge in [0.2, 0.25) is 0 Å². The van der Waals surface area contributed by atoms with Crippen molar-refractivity contribution in [2.24, 2.45) is 0 Å². The molecule has 0 aliphatic heterocycles. The Hall–Kier alpha value is -2.34. The lowest BCUT2D eigenvalue weighted by Crippen LogP contribution is -2.03. The highest BCUT2D eigenvalue weighted by Crippen LogP contribution is 2.22. The van der Waals surface area contributed by atoms with E-state index >= 15 is 0 Å². The average molecular weight is 266 g/mol. The first kappa shape index (κ1) is 14.1. The van der Waals surface area contributed by atoms with Crippen LogP contribution in [0.4, 0.5) is 0 Å². The van der Waals surface area contributed by atoms with Crippen molar-refractivity contribution in [3.8, 4) is 11.8 Å². The van der Waals surface area contributed by atoms with Crippen LogP contribution in [0.1, 0.15) is 40.7 Å². The van der Waals surface area contributed by atoms with Crippen molar-refractivity contribution in [2.75, 3.05) is 0 Å². The quantitative estimate of drug-likeness (QED) is 0.791. The van der Waals surface area contributed by atoms with Gasteiger partial charge in [0.1, 0.15) is 0 Å². The number of hydrogen-bond donors (Lipinski definition) is 0. The van der Waals surface area contributed by atoms with Gasteiger partial charge in [-0.2, -0.15) is 5.26 Å². The van der Waals surface area contributed by atoms with Crippen LogP contribution in [0.3, 0.4) is 0 Å². The molecule has 102 valence electrons. The highest BCUT2D eigenvalue weighted by molar-refractivity contribution is 5.98. The number of benzene rings is 1. The molecule has 2 aromatic rings. The van der Waals surface area contributed by atoms with Crippen molar-refractivity contribution in [2.45, 2.75) is 33.6 Å². The molecule has 0 saturated heterocycles. The Morgan fingerprint density at radius 2 is 1.90 bits per heavy atom. The molecule has 0 N–H and O–H groups in total. The molecule has 0 unspecified atom stereocenters. The van der Waals surface area contributed by atoms with Crippen LogP contribution in [-0.4, -0.2) is 10.4 Å². The van der Waals surface area contributed by atoms with Gasteiger partial charge < -0.3 is 4.57 Å². The summed E-state index contributed by atoms with van der Waals surface area (Å²) in [5.41, 5.74) is 4.88. The van der Waals surface area contributed by atoms with Gasteiger partial charge in [0, 0.05) is 22.6 Å². The summed E-state index contributed by atoms with van der Waals surface area (Å²) in [6, 6.07) is 12.1. The number of aryl methyl sites for hydroxylation is 2. The molecule has 1 heterocycles. The minimum atomic E-state index is -0.114. The summed E-state index contributed by atoms with van der Waals surface area (Å²) in [5, 5.41) is 8.66. The third-order valence-corrected chi connectivity index (χ3v) is 3.57. The standard InChI is InChI=1S/C17H18N2O/c1-4-14-5-7-15(8-6-14)19-12(2)11-16(13(19)3)17(20)9-10-18/h5-8,11H,4,9H2,1-3H3. The molecular formula is C17H18N2O. The van der Waals surface area contributed by atoms with Crippen LogP contribution in [0.2, 0.25) is 0 Å². The third kappa shape index (κ3) is 2.50. The monoisotopic (exact) mass is 266 g/mol. The Bertz CT molecular complexity index is 672. The summed E-state index contributed by atoms with van der Waals surface area (Å²) in [7, 11) is 0. The van der Waals surface area contributed by atoms with Crippen LogP contribution >= 0.6 is 0 Å². The summed E-state index contributed by atoms with van der Waals surface area (Å²) in [6.45, 7) is 6.02. The average Bonchev–Trinajstić information content (AvgIpc) is 2.75. The van der Waals surface area contributed by atoms with Gasteiger partial charge >= 0.3 is 0 Å². The van der Waals surface area contributed by atoms with Crippen molar-refractivity contribution in [3.05, 3.63) is 52.8 Å². The largest absolute Gasteiger partial charge is 0.318 e. The molecule has 20 heavy (non-hydrogen) atoms. The second-order valence-corrected chi connectivity index (χ2v) is 4.90. The van der Waals surface area contributed by atoms with E-state index < -0.39 is 0 Å². The van der Waals surface area contributed by atoms with Crippen LogP contribution in [0.5, 0.6) is 0 Å². The van der Waals surface area contributed by atoms with E-state index in [-0.39, 0.29) is 12.2 Å². The molecule has 0 aliphatic carbocycles. The molecule has 3 heteroatoms. The highest BCUT2D eigenvalue weighted by atomic mass is 16.1.